The van der Waals surface area contributed by atoms with Crippen LogP contribution in [0.3, 0.4) is 0 Å². The Labute approximate surface area is 163 Å². The number of nitrogens with zero attached hydrogens (tertiary/aromatic N) is 2. The number of hydrogen-bond acceptors (Lipinski definition) is 2. The average molecular weight is 417 g/mol. The first-order chi connectivity index (χ1) is 12.4. The fourth-order valence-electron chi connectivity index (χ4n) is 2.59. The van der Waals surface area contributed by atoms with Crippen molar-refractivity contribution < 1.29 is 13.2 Å². The van der Waals surface area contributed by atoms with Crippen LogP contribution in [-0.2, 0) is 0 Å². The van der Waals surface area contributed by atoms with Gasteiger partial charge in [0.05, 0.1) is 21.6 Å². The number of alkyl halides is 3. The smallest absolute Gasteiger partial charge is 0.324 e. The summed E-state index contributed by atoms with van der Waals surface area (Å²) in [5, 5.41) is -0.272. The summed E-state index contributed by atoms with van der Waals surface area (Å²) >= 11 is 13.0. The maximum Gasteiger partial charge on any atom is 0.410 e. The Morgan fingerprint density at radius 3 is 2.31 bits per heavy atom. The van der Waals surface area contributed by atoms with Gasteiger partial charge in [-0.2, -0.15) is 13.2 Å². The Balaban J connectivity index is 2.06. The van der Waals surface area contributed by atoms with Crippen molar-refractivity contribution in [2.24, 2.45) is 0 Å². The van der Waals surface area contributed by atoms with E-state index in [1.54, 1.807) is 48.5 Å². The number of rotatable bonds is 5. The number of benzene rings is 2. The maximum absolute atomic E-state index is 14.0. The number of halogens is 5. The minimum atomic E-state index is -4.47. The molecule has 3 rings (SSSR count). The van der Waals surface area contributed by atoms with Crippen LogP contribution < -0.4 is 0 Å². The van der Waals surface area contributed by atoms with Gasteiger partial charge in [-0.25, -0.2) is 4.98 Å². The lowest BCUT2D eigenvalue weighted by Crippen LogP contribution is -2.30. The normalized spacial score (nSPS) is 14.2. The van der Waals surface area contributed by atoms with Crippen molar-refractivity contribution >= 4 is 35.0 Å². The third kappa shape index (κ3) is 4.37. The molecule has 0 saturated heterocycles. The van der Waals surface area contributed by atoms with Crippen molar-refractivity contribution in [1.82, 2.24) is 9.55 Å². The molecule has 1 aromatic heterocycles. The molecule has 3 aromatic rings. The second-order valence-corrected chi connectivity index (χ2v) is 7.55. The van der Waals surface area contributed by atoms with E-state index in [4.69, 9.17) is 23.2 Å². The summed E-state index contributed by atoms with van der Waals surface area (Å²) in [4.78, 5) is 4.38. The van der Waals surface area contributed by atoms with Crippen molar-refractivity contribution in [1.29, 1.82) is 0 Å². The number of aromatic nitrogens is 2. The summed E-state index contributed by atoms with van der Waals surface area (Å²) in [6, 6.07) is 11.6. The SMILES string of the molecule is FC(F)(F)C(C(Sc1ccc(Cl)c(Cl)c1)c1ccccc1)n1ccnc1. The molecule has 0 aliphatic rings. The monoisotopic (exact) mass is 416 g/mol. The molecular weight excluding hydrogens is 404 g/mol. The number of hydrogen-bond donors (Lipinski definition) is 0. The fraction of sp³-hybridized carbons (Fsp3) is 0.167. The van der Waals surface area contributed by atoms with Crippen molar-refractivity contribution in [2.75, 3.05) is 0 Å². The summed E-state index contributed by atoms with van der Waals surface area (Å²) in [6.07, 6.45) is -0.623. The molecule has 26 heavy (non-hydrogen) atoms. The summed E-state index contributed by atoms with van der Waals surface area (Å²) in [7, 11) is 0. The minimum Gasteiger partial charge on any atom is -0.324 e. The van der Waals surface area contributed by atoms with Gasteiger partial charge < -0.3 is 4.57 Å². The second kappa shape index (κ2) is 7.94. The molecule has 1 heterocycles. The van der Waals surface area contributed by atoms with E-state index in [1.165, 1.54) is 18.7 Å². The van der Waals surface area contributed by atoms with Crippen molar-refractivity contribution in [2.45, 2.75) is 22.4 Å². The third-order valence-corrected chi connectivity index (χ3v) is 5.80. The highest BCUT2D eigenvalue weighted by atomic mass is 35.5. The molecule has 0 aliphatic carbocycles. The van der Waals surface area contributed by atoms with Gasteiger partial charge >= 0.3 is 6.18 Å². The van der Waals surface area contributed by atoms with Gasteiger partial charge in [0.15, 0.2) is 0 Å². The second-order valence-electron chi connectivity index (χ2n) is 5.52. The van der Waals surface area contributed by atoms with Crippen LogP contribution in [0.15, 0.2) is 72.1 Å². The topological polar surface area (TPSA) is 17.8 Å². The first kappa shape index (κ1) is 19.1. The summed E-state index contributed by atoms with van der Waals surface area (Å²) < 4.78 is 43.0. The van der Waals surface area contributed by atoms with Crippen LogP contribution in [0.1, 0.15) is 16.9 Å². The molecule has 2 unspecified atom stereocenters. The molecule has 2 nitrogen and oxygen atoms in total. The molecule has 2 atom stereocenters. The predicted molar refractivity (Wildman–Crippen MR) is 98.8 cm³/mol. The van der Waals surface area contributed by atoms with E-state index >= 15 is 0 Å². The molecule has 0 radical (unpaired) electrons. The lowest BCUT2D eigenvalue weighted by Gasteiger charge is -2.30. The molecular formula is C18H13Cl2F3N2S. The molecule has 0 fully saturated rings. The molecule has 0 amide bonds. The highest BCUT2D eigenvalue weighted by molar-refractivity contribution is 7.99. The largest absolute Gasteiger partial charge is 0.410 e. The van der Waals surface area contributed by atoms with Gasteiger partial charge in [-0.15, -0.1) is 11.8 Å². The Hall–Kier alpha value is -1.63. The van der Waals surface area contributed by atoms with Gasteiger partial charge in [0.2, 0.25) is 0 Å². The van der Waals surface area contributed by atoms with Crippen molar-refractivity contribution in [3.63, 3.8) is 0 Å². The first-order valence-corrected chi connectivity index (χ1v) is 9.20. The van der Waals surface area contributed by atoms with E-state index in [9.17, 15) is 13.2 Å². The van der Waals surface area contributed by atoms with Crippen LogP contribution in [0.5, 0.6) is 0 Å². The van der Waals surface area contributed by atoms with Crippen molar-refractivity contribution in [3.05, 3.63) is 82.9 Å². The van der Waals surface area contributed by atoms with Crippen molar-refractivity contribution in [3.8, 4) is 0 Å². The zero-order valence-corrected chi connectivity index (χ0v) is 15.5. The molecule has 0 bridgehead atoms. The van der Waals surface area contributed by atoms with Crippen LogP contribution in [-0.4, -0.2) is 15.7 Å². The van der Waals surface area contributed by atoms with Gasteiger partial charge in [-0.05, 0) is 23.8 Å². The Morgan fingerprint density at radius 1 is 1.00 bits per heavy atom. The van der Waals surface area contributed by atoms with Crippen LogP contribution in [0.2, 0.25) is 10.0 Å². The summed E-state index contributed by atoms with van der Waals surface area (Å²) in [5.74, 6) is 0. The Bertz CT molecular complexity index is 855. The van der Waals surface area contributed by atoms with Gasteiger partial charge in [0.25, 0.3) is 0 Å². The molecule has 2 aromatic carbocycles. The standard InChI is InChI=1S/C18H13Cl2F3N2S/c19-14-7-6-13(10-15(14)20)26-16(12-4-2-1-3-5-12)17(18(21,22)23)25-9-8-24-11-25/h1-11,16-17H. The quantitative estimate of drug-likeness (QED) is 0.424. The molecule has 136 valence electrons. The first-order valence-electron chi connectivity index (χ1n) is 7.57. The van der Waals surface area contributed by atoms with E-state index in [0.717, 1.165) is 16.3 Å². The Morgan fingerprint density at radius 2 is 1.73 bits per heavy atom. The van der Waals surface area contributed by atoms with Crippen LogP contribution in [0, 0.1) is 0 Å². The number of thioether (sulfide) groups is 1. The molecule has 0 spiro atoms. The van der Waals surface area contributed by atoms with E-state index in [2.05, 4.69) is 4.98 Å². The van der Waals surface area contributed by atoms with Gasteiger partial charge in [0, 0.05) is 17.3 Å². The lowest BCUT2D eigenvalue weighted by atomic mass is 10.0. The van der Waals surface area contributed by atoms with Crippen LogP contribution >= 0.6 is 35.0 Å². The third-order valence-electron chi connectivity index (χ3n) is 3.75. The van der Waals surface area contributed by atoms with E-state index in [0.29, 0.717) is 20.5 Å². The van der Waals surface area contributed by atoms with Crippen LogP contribution in [0.25, 0.3) is 0 Å². The van der Waals surface area contributed by atoms with Gasteiger partial charge in [-0.3, -0.25) is 0 Å². The summed E-state index contributed by atoms with van der Waals surface area (Å²) in [5.41, 5.74) is 0.555. The highest BCUT2D eigenvalue weighted by Gasteiger charge is 2.47. The molecule has 0 aliphatic heterocycles. The van der Waals surface area contributed by atoms with E-state index in [1.807, 2.05) is 0 Å². The minimum absolute atomic E-state index is 0.301. The molecule has 0 saturated carbocycles. The van der Waals surface area contributed by atoms with Crippen LogP contribution in [0.4, 0.5) is 13.2 Å². The van der Waals surface area contributed by atoms with E-state index in [-0.39, 0.29) is 0 Å². The molecule has 0 N–H and O–H groups in total. The Kier molecular flexibility index (Phi) is 5.85. The predicted octanol–water partition coefficient (Wildman–Crippen LogP) is 6.83. The molecule has 8 heteroatoms. The zero-order chi connectivity index (χ0) is 18.7. The zero-order valence-electron chi connectivity index (χ0n) is 13.2. The fourth-order valence-corrected chi connectivity index (χ4v) is 4.29. The number of imidazole rings is 1. The maximum atomic E-state index is 14.0. The van der Waals surface area contributed by atoms with Gasteiger partial charge in [0.1, 0.15) is 6.04 Å². The lowest BCUT2D eigenvalue weighted by molar-refractivity contribution is -0.168. The van der Waals surface area contributed by atoms with E-state index < -0.39 is 17.5 Å². The highest BCUT2D eigenvalue weighted by Crippen LogP contribution is 2.50. The average Bonchev–Trinajstić information content (AvgIpc) is 3.11. The summed E-state index contributed by atoms with van der Waals surface area (Å²) in [6.45, 7) is 0. The van der Waals surface area contributed by atoms with Gasteiger partial charge in [-0.1, -0.05) is 53.5 Å².